The topological polar surface area (TPSA) is 84.2 Å². The lowest BCUT2D eigenvalue weighted by Crippen LogP contribution is -2.10. The Balaban J connectivity index is 1.82. The second-order valence-corrected chi connectivity index (χ2v) is 5.32. The molecule has 0 amide bonds. The fourth-order valence-corrected chi connectivity index (χ4v) is 2.25. The Labute approximate surface area is 154 Å². The smallest absolute Gasteiger partial charge is 0.497 e. The van der Waals surface area contributed by atoms with Gasteiger partial charge in [0.05, 0.1) is 12.5 Å². The fourth-order valence-electron chi connectivity index (χ4n) is 2.25. The molecule has 0 unspecified atom stereocenters. The molecule has 1 heterocycles. The van der Waals surface area contributed by atoms with Crippen LogP contribution >= 0.6 is 0 Å². The van der Waals surface area contributed by atoms with Crippen LogP contribution in [-0.2, 0) is 4.74 Å². The summed E-state index contributed by atoms with van der Waals surface area (Å²) in [7, 11) is 1.56. The minimum absolute atomic E-state index is 0.0340. The third kappa shape index (κ3) is 4.27. The second kappa shape index (κ2) is 8.09. The molecule has 7 heteroatoms. The number of fused-ring (bicyclic) bond motifs is 1. The molecule has 0 saturated heterocycles. The maximum Gasteiger partial charge on any atom is 0.514 e. The van der Waals surface area contributed by atoms with Crippen molar-refractivity contribution in [3.8, 4) is 23.0 Å². The van der Waals surface area contributed by atoms with Gasteiger partial charge in [0.25, 0.3) is 0 Å². The molecule has 0 aliphatic carbocycles. The van der Waals surface area contributed by atoms with E-state index in [1.54, 1.807) is 31.4 Å². The van der Waals surface area contributed by atoms with Crippen LogP contribution in [0.2, 0.25) is 0 Å². The highest BCUT2D eigenvalue weighted by Crippen LogP contribution is 2.25. The molecule has 0 atom stereocenters. The zero-order valence-corrected chi connectivity index (χ0v) is 14.5. The summed E-state index contributed by atoms with van der Waals surface area (Å²) in [5, 5.41) is 0.285. The van der Waals surface area contributed by atoms with Crippen molar-refractivity contribution >= 4 is 17.1 Å². The Morgan fingerprint density at radius 2 is 1.81 bits per heavy atom. The number of carbonyl (C=O) groups excluding carboxylic acids is 1. The van der Waals surface area contributed by atoms with Gasteiger partial charge in [0, 0.05) is 6.07 Å². The van der Waals surface area contributed by atoms with E-state index in [9.17, 15) is 9.59 Å². The van der Waals surface area contributed by atoms with Crippen LogP contribution in [0.15, 0.2) is 70.6 Å². The van der Waals surface area contributed by atoms with E-state index in [0.717, 1.165) is 0 Å². The van der Waals surface area contributed by atoms with Crippen molar-refractivity contribution in [2.75, 3.05) is 13.7 Å². The van der Waals surface area contributed by atoms with Crippen molar-refractivity contribution in [3.05, 3.63) is 71.6 Å². The van der Waals surface area contributed by atoms with Crippen molar-refractivity contribution in [2.45, 2.75) is 0 Å². The third-order valence-electron chi connectivity index (χ3n) is 3.52. The SMILES string of the molecule is C=CCOC(=O)Oc1ccc2c(=O)c(Oc3ccc(OC)cc3)coc2c1. The summed E-state index contributed by atoms with van der Waals surface area (Å²) in [6.45, 7) is 3.47. The number of ether oxygens (including phenoxy) is 4. The number of rotatable bonds is 6. The molecule has 0 bridgehead atoms. The molecule has 0 saturated carbocycles. The predicted molar refractivity (Wildman–Crippen MR) is 97.7 cm³/mol. The Morgan fingerprint density at radius 3 is 2.52 bits per heavy atom. The van der Waals surface area contributed by atoms with Gasteiger partial charge in [-0.3, -0.25) is 4.79 Å². The fraction of sp³-hybridized carbons (Fsp3) is 0.100. The first-order valence-corrected chi connectivity index (χ1v) is 7.93. The largest absolute Gasteiger partial charge is 0.514 e. The molecule has 138 valence electrons. The highest BCUT2D eigenvalue weighted by Gasteiger charge is 2.12. The van der Waals surface area contributed by atoms with Crippen molar-refractivity contribution in [1.29, 1.82) is 0 Å². The van der Waals surface area contributed by atoms with Crippen LogP contribution in [0, 0.1) is 0 Å². The molecule has 0 aliphatic heterocycles. The van der Waals surface area contributed by atoms with Gasteiger partial charge in [0.2, 0.25) is 11.2 Å². The molecule has 0 N–H and O–H groups in total. The highest BCUT2D eigenvalue weighted by atomic mass is 16.7. The van der Waals surface area contributed by atoms with E-state index in [1.165, 1.54) is 30.5 Å². The van der Waals surface area contributed by atoms with E-state index in [2.05, 4.69) is 6.58 Å². The molecule has 27 heavy (non-hydrogen) atoms. The lowest BCUT2D eigenvalue weighted by Gasteiger charge is -2.07. The minimum Gasteiger partial charge on any atom is -0.497 e. The Kier molecular flexibility index (Phi) is 5.41. The van der Waals surface area contributed by atoms with Crippen molar-refractivity contribution in [3.63, 3.8) is 0 Å². The van der Waals surface area contributed by atoms with Gasteiger partial charge in [0.1, 0.15) is 35.7 Å². The average Bonchev–Trinajstić information content (AvgIpc) is 2.69. The van der Waals surface area contributed by atoms with Crippen LogP contribution in [-0.4, -0.2) is 19.9 Å². The maximum absolute atomic E-state index is 12.6. The lowest BCUT2D eigenvalue weighted by atomic mass is 10.2. The van der Waals surface area contributed by atoms with Gasteiger partial charge in [-0.15, -0.1) is 0 Å². The maximum atomic E-state index is 12.6. The Morgan fingerprint density at radius 1 is 1.11 bits per heavy atom. The van der Waals surface area contributed by atoms with Crippen LogP contribution < -0.4 is 19.6 Å². The number of benzene rings is 2. The summed E-state index contributed by atoms with van der Waals surface area (Å²) in [6, 6.07) is 11.1. The molecular weight excluding hydrogens is 352 g/mol. The number of carbonyl (C=O) groups is 1. The summed E-state index contributed by atoms with van der Waals surface area (Å²) in [5.41, 5.74) is -0.107. The van der Waals surface area contributed by atoms with E-state index in [1.807, 2.05) is 0 Å². The molecular formula is C20H16O7. The summed E-state index contributed by atoms with van der Waals surface area (Å²) >= 11 is 0. The molecule has 0 radical (unpaired) electrons. The van der Waals surface area contributed by atoms with Gasteiger partial charge < -0.3 is 23.4 Å². The summed E-state index contributed by atoms with van der Waals surface area (Å²) in [6.07, 6.45) is 1.75. The van der Waals surface area contributed by atoms with Gasteiger partial charge in [-0.1, -0.05) is 12.7 Å². The quantitative estimate of drug-likeness (QED) is 0.364. The number of hydrogen-bond donors (Lipinski definition) is 0. The standard InChI is InChI=1S/C20H16O7/c1-3-10-24-20(22)27-15-8-9-16-17(11-15)25-12-18(19(16)21)26-14-6-4-13(23-2)5-7-14/h3-9,11-12H,1,10H2,2H3. The average molecular weight is 368 g/mol. The first kappa shape index (κ1) is 18.1. The first-order chi connectivity index (χ1) is 13.1. The highest BCUT2D eigenvalue weighted by molar-refractivity contribution is 5.80. The van der Waals surface area contributed by atoms with Crippen LogP contribution in [0.3, 0.4) is 0 Å². The van der Waals surface area contributed by atoms with Gasteiger partial charge in [0.15, 0.2) is 0 Å². The van der Waals surface area contributed by atoms with Gasteiger partial charge in [-0.05, 0) is 36.4 Å². The molecule has 3 rings (SSSR count). The Bertz CT molecular complexity index is 1020. The zero-order valence-electron chi connectivity index (χ0n) is 14.5. The van der Waals surface area contributed by atoms with E-state index in [0.29, 0.717) is 11.5 Å². The second-order valence-electron chi connectivity index (χ2n) is 5.32. The summed E-state index contributed by atoms with van der Waals surface area (Å²) < 4.78 is 25.8. The van der Waals surface area contributed by atoms with Crippen LogP contribution in [0.5, 0.6) is 23.0 Å². The summed E-state index contributed by atoms with van der Waals surface area (Å²) in [4.78, 5) is 24.0. The zero-order chi connectivity index (χ0) is 19.2. The first-order valence-electron chi connectivity index (χ1n) is 7.93. The van der Waals surface area contributed by atoms with E-state index in [-0.39, 0.29) is 34.5 Å². The number of methoxy groups -OCH3 is 1. The molecule has 0 spiro atoms. The Hall–Kier alpha value is -3.74. The minimum atomic E-state index is -0.879. The molecule has 0 fully saturated rings. The van der Waals surface area contributed by atoms with Crippen LogP contribution in [0.4, 0.5) is 4.79 Å². The molecule has 3 aromatic rings. The third-order valence-corrected chi connectivity index (χ3v) is 3.52. The molecule has 1 aromatic heterocycles. The van der Waals surface area contributed by atoms with E-state index < -0.39 is 6.16 Å². The monoisotopic (exact) mass is 368 g/mol. The van der Waals surface area contributed by atoms with Crippen LogP contribution in [0.25, 0.3) is 11.0 Å². The summed E-state index contributed by atoms with van der Waals surface area (Å²) in [5.74, 6) is 1.36. The molecule has 0 aliphatic rings. The normalized spacial score (nSPS) is 10.3. The van der Waals surface area contributed by atoms with Crippen molar-refractivity contribution < 1.29 is 28.2 Å². The molecule has 2 aromatic carbocycles. The lowest BCUT2D eigenvalue weighted by molar-refractivity contribution is 0.109. The number of hydrogen-bond acceptors (Lipinski definition) is 7. The van der Waals surface area contributed by atoms with Gasteiger partial charge in [-0.25, -0.2) is 4.79 Å². The van der Waals surface area contributed by atoms with Crippen molar-refractivity contribution in [1.82, 2.24) is 0 Å². The molecule has 7 nitrogen and oxygen atoms in total. The van der Waals surface area contributed by atoms with Gasteiger partial charge in [-0.2, -0.15) is 0 Å². The van der Waals surface area contributed by atoms with Crippen molar-refractivity contribution in [2.24, 2.45) is 0 Å². The predicted octanol–water partition coefficient (Wildman–Crippen LogP) is 4.30. The van der Waals surface area contributed by atoms with Crippen LogP contribution in [0.1, 0.15) is 0 Å². The van der Waals surface area contributed by atoms with Gasteiger partial charge >= 0.3 is 6.16 Å². The van der Waals surface area contributed by atoms with E-state index >= 15 is 0 Å². The van der Waals surface area contributed by atoms with E-state index in [4.69, 9.17) is 23.4 Å².